The number of hydrogen-bond acceptors (Lipinski definition) is 4. The molecular formula is C19H19ClFN3O. The molecule has 1 heterocycles. The molecular weight excluding hydrogens is 341 g/mol. The van der Waals surface area contributed by atoms with E-state index in [2.05, 4.69) is 15.3 Å². The van der Waals surface area contributed by atoms with Gasteiger partial charge in [0.1, 0.15) is 11.6 Å². The van der Waals surface area contributed by atoms with Crippen molar-refractivity contribution >= 4 is 12.4 Å². The Labute approximate surface area is 152 Å². The molecule has 2 aromatic carbocycles. The minimum atomic E-state index is -0.155. The molecule has 0 radical (unpaired) electrons. The van der Waals surface area contributed by atoms with Crippen molar-refractivity contribution in [3.8, 4) is 11.8 Å². The van der Waals surface area contributed by atoms with Gasteiger partial charge in [-0.15, -0.1) is 12.4 Å². The predicted octanol–water partition coefficient (Wildman–Crippen LogP) is 4.16. The first-order chi connectivity index (χ1) is 11.8. The number of nitrogens with zero attached hydrogens (tertiary/aromatic N) is 2. The van der Waals surface area contributed by atoms with Gasteiger partial charge in [0.25, 0.3) is 0 Å². The molecule has 0 aliphatic rings. The Kier molecular flexibility index (Phi) is 7.32. The summed E-state index contributed by atoms with van der Waals surface area (Å²) in [5, 5.41) is 3.31. The highest BCUT2D eigenvalue weighted by Gasteiger charge is 2.02. The van der Waals surface area contributed by atoms with Crippen LogP contribution in [0.3, 0.4) is 0 Å². The molecule has 130 valence electrons. The Hall–Kier alpha value is -2.50. The van der Waals surface area contributed by atoms with Crippen LogP contribution in [0.2, 0.25) is 0 Å². The molecule has 0 saturated carbocycles. The second-order valence-electron chi connectivity index (χ2n) is 5.30. The molecule has 4 nitrogen and oxygen atoms in total. The maximum Gasteiger partial charge on any atom is 0.321 e. The monoisotopic (exact) mass is 359 g/mol. The highest BCUT2D eigenvalue weighted by molar-refractivity contribution is 5.85. The van der Waals surface area contributed by atoms with Gasteiger partial charge in [-0.1, -0.05) is 30.3 Å². The van der Waals surface area contributed by atoms with Crippen molar-refractivity contribution in [1.29, 1.82) is 0 Å². The molecule has 3 rings (SSSR count). The van der Waals surface area contributed by atoms with Gasteiger partial charge in [0, 0.05) is 18.9 Å². The zero-order valence-corrected chi connectivity index (χ0v) is 14.4. The zero-order valence-electron chi connectivity index (χ0n) is 13.6. The summed E-state index contributed by atoms with van der Waals surface area (Å²) in [6.07, 6.45) is 3.92. The van der Waals surface area contributed by atoms with E-state index >= 15 is 0 Å². The smallest absolute Gasteiger partial charge is 0.321 e. The Morgan fingerprint density at radius 2 is 1.76 bits per heavy atom. The lowest BCUT2D eigenvalue weighted by Crippen LogP contribution is -2.17. The van der Waals surface area contributed by atoms with E-state index in [0.717, 1.165) is 11.1 Å². The summed E-state index contributed by atoms with van der Waals surface area (Å²) in [5.74, 6) is 0.534. The lowest BCUT2D eigenvalue weighted by atomic mass is 10.1. The van der Waals surface area contributed by atoms with Gasteiger partial charge in [-0.05, 0) is 48.4 Å². The molecule has 1 N–H and O–H groups in total. The molecule has 0 amide bonds. The van der Waals surface area contributed by atoms with Gasteiger partial charge >= 0.3 is 6.01 Å². The Balaban J connectivity index is 0.00000225. The van der Waals surface area contributed by atoms with E-state index in [-0.39, 0.29) is 18.2 Å². The summed E-state index contributed by atoms with van der Waals surface area (Å²) in [5.41, 5.74) is 1.81. The Bertz CT molecular complexity index is 786. The average molecular weight is 360 g/mol. The van der Waals surface area contributed by atoms with E-state index < -0.39 is 0 Å². The van der Waals surface area contributed by atoms with Crippen molar-refractivity contribution < 1.29 is 9.13 Å². The fourth-order valence-corrected chi connectivity index (χ4v) is 2.32. The van der Waals surface area contributed by atoms with E-state index in [1.165, 1.54) is 6.07 Å². The maximum atomic E-state index is 13.5. The molecule has 0 saturated heterocycles. The van der Waals surface area contributed by atoms with Crippen molar-refractivity contribution in [2.75, 3.05) is 6.54 Å². The van der Waals surface area contributed by atoms with Gasteiger partial charge in [-0.2, -0.15) is 0 Å². The van der Waals surface area contributed by atoms with Crippen LogP contribution in [0.15, 0.2) is 67.0 Å². The van der Waals surface area contributed by atoms with Crippen LogP contribution in [-0.4, -0.2) is 16.5 Å². The van der Waals surface area contributed by atoms with Crippen molar-refractivity contribution in [2.45, 2.75) is 13.0 Å². The Morgan fingerprint density at radius 3 is 2.56 bits per heavy atom. The third-order valence-electron chi connectivity index (χ3n) is 3.51. The van der Waals surface area contributed by atoms with E-state index in [9.17, 15) is 4.39 Å². The Morgan fingerprint density at radius 1 is 0.960 bits per heavy atom. The van der Waals surface area contributed by atoms with Crippen LogP contribution in [0.4, 0.5) is 4.39 Å². The zero-order chi connectivity index (χ0) is 16.6. The van der Waals surface area contributed by atoms with Crippen LogP contribution in [0, 0.1) is 5.82 Å². The first-order valence-corrected chi connectivity index (χ1v) is 7.79. The minimum Gasteiger partial charge on any atom is -0.424 e. The SMILES string of the molecule is Cl.Fc1ccccc1CCNCc1cccc(Oc2ncccn2)c1. The predicted molar refractivity (Wildman–Crippen MR) is 97.6 cm³/mol. The third-order valence-corrected chi connectivity index (χ3v) is 3.51. The fourth-order valence-electron chi connectivity index (χ4n) is 2.32. The van der Waals surface area contributed by atoms with Crippen LogP contribution < -0.4 is 10.1 Å². The molecule has 0 spiro atoms. The van der Waals surface area contributed by atoms with E-state index in [1.54, 1.807) is 24.5 Å². The molecule has 1 aromatic heterocycles. The number of benzene rings is 2. The number of aromatic nitrogens is 2. The maximum absolute atomic E-state index is 13.5. The first-order valence-electron chi connectivity index (χ1n) is 7.79. The van der Waals surface area contributed by atoms with Crippen LogP contribution in [0.25, 0.3) is 0 Å². The number of ether oxygens (including phenoxy) is 1. The summed E-state index contributed by atoms with van der Waals surface area (Å²) in [7, 11) is 0. The van der Waals surface area contributed by atoms with E-state index in [1.807, 2.05) is 36.4 Å². The van der Waals surface area contributed by atoms with Crippen LogP contribution in [0.1, 0.15) is 11.1 Å². The lowest BCUT2D eigenvalue weighted by Gasteiger charge is -2.08. The first kappa shape index (κ1) is 18.8. The quantitative estimate of drug-likeness (QED) is 0.643. The molecule has 0 unspecified atom stereocenters. The van der Waals surface area contributed by atoms with Crippen molar-refractivity contribution in [1.82, 2.24) is 15.3 Å². The molecule has 3 aromatic rings. The van der Waals surface area contributed by atoms with Crippen LogP contribution in [-0.2, 0) is 13.0 Å². The lowest BCUT2D eigenvalue weighted by molar-refractivity contribution is 0.441. The molecule has 0 bridgehead atoms. The summed E-state index contributed by atoms with van der Waals surface area (Å²) in [4.78, 5) is 8.07. The molecule has 6 heteroatoms. The van der Waals surface area contributed by atoms with Gasteiger partial charge in [0.15, 0.2) is 0 Å². The number of rotatable bonds is 7. The number of halogens is 2. The number of nitrogens with one attached hydrogen (secondary N) is 1. The fraction of sp³-hybridized carbons (Fsp3) is 0.158. The second kappa shape index (κ2) is 9.71. The molecule has 0 atom stereocenters. The number of hydrogen-bond donors (Lipinski definition) is 1. The standard InChI is InChI=1S/C19H18FN3O.ClH/c20-18-8-2-1-6-16(18)9-12-21-14-15-5-3-7-17(13-15)24-19-22-10-4-11-23-19;/h1-8,10-11,13,21H,9,12,14H2;1H. The minimum absolute atomic E-state index is 0. The molecule has 0 aliphatic heterocycles. The molecule has 0 aliphatic carbocycles. The second-order valence-corrected chi connectivity index (χ2v) is 5.30. The summed E-state index contributed by atoms with van der Waals surface area (Å²) < 4.78 is 19.2. The normalized spacial score (nSPS) is 10.1. The van der Waals surface area contributed by atoms with E-state index in [0.29, 0.717) is 31.3 Å². The van der Waals surface area contributed by atoms with Crippen LogP contribution in [0.5, 0.6) is 11.8 Å². The molecule has 25 heavy (non-hydrogen) atoms. The van der Waals surface area contributed by atoms with Crippen molar-refractivity contribution in [2.24, 2.45) is 0 Å². The highest BCUT2D eigenvalue weighted by atomic mass is 35.5. The largest absolute Gasteiger partial charge is 0.424 e. The third kappa shape index (κ3) is 5.81. The van der Waals surface area contributed by atoms with Gasteiger partial charge in [0.2, 0.25) is 0 Å². The van der Waals surface area contributed by atoms with Crippen LogP contribution >= 0.6 is 12.4 Å². The molecule has 0 fully saturated rings. The summed E-state index contributed by atoms with van der Waals surface area (Å²) >= 11 is 0. The van der Waals surface area contributed by atoms with Gasteiger partial charge in [0.05, 0.1) is 0 Å². The van der Waals surface area contributed by atoms with Crippen molar-refractivity contribution in [3.63, 3.8) is 0 Å². The van der Waals surface area contributed by atoms with Gasteiger partial charge in [-0.25, -0.2) is 14.4 Å². The van der Waals surface area contributed by atoms with Gasteiger partial charge < -0.3 is 10.1 Å². The van der Waals surface area contributed by atoms with Crippen molar-refractivity contribution in [3.05, 3.63) is 83.9 Å². The highest BCUT2D eigenvalue weighted by Crippen LogP contribution is 2.18. The van der Waals surface area contributed by atoms with E-state index in [4.69, 9.17) is 4.74 Å². The van der Waals surface area contributed by atoms with Gasteiger partial charge in [-0.3, -0.25) is 0 Å². The topological polar surface area (TPSA) is 47.0 Å². The average Bonchev–Trinajstić information content (AvgIpc) is 2.61. The summed E-state index contributed by atoms with van der Waals surface area (Å²) in [6.45, 7) is 1.38. The summed E-state index contributed by atoms with van der Waals surface area (Å²) in [6, 6.07) is 16.6.